The van der Waals surface area contributed by atoms with Gasteiger partial charge < -0.3 is 24.8 Å². The van der Waals surface area contributed by atoms with Crippen LogP contribution in [0.5, 0.6) is 17.2 Å². The molecule has 7 nitrogen and oxygen atoms in total. The minimum absolute atomic E-state index is 0.148. The van der Waals surface area contributed by atoms with Crippen LogP contribution in [-0.4, -0.2) is 25.7 Å². The van der Waals surface area contributed by atoms with Gasteiger partial charge in [0.1, 0.15) is 5.75 Å². The highest BCUT2D eigenvalue weighted by atomic mass is 16.7. The molecule has 0 spiro atoms. The van der Waals surface area contributed by atoms with Crippen LogP contribution < -0.4 is 24.8 Å². The molecular formula is C23H20N2O5. The predicted octanol–water partition coefficient (Wildman–Crippen LogP) is 4.24. The van der Waals surface area contributed by atoms with Crippen molar-refractivity contribution in [2.75, 3.05) is 24.5 Å². The monoisotopic (exact) mass is 404 g/mol. The largest absolute Gasteiger partial charge is 0.496 e. The van der Waals surface area contributed by atoms with Crippen molar-refractivity contribution >= 4 is 23.2 Å². The van der Waals surface area contributed by atoms with Gasteiger partial charge in [-0.2, -0.15) is 0 Å². The minimum Gasteiger partial charge on any atom is -0.496 e. The van der Waals surface area contributed by atoms with Gasteiger partial charge >= 0.3 is 0 Å². The number of fused-ring (bicyclic) bond motifs is 1. The number of carbonyl (C=O) groups excluding carboxylic acids is 2. The zero-order chi connectivity index (χ0) is 21.1. The molecule has 0 bridgehead atoms. The number of rotatable bonds is 5. The Bertz CT molecular complexity index is 1090. The highest BCUT2D eigenvalue weighted by molar-refractivity contribution is 6.06. The summed E-state index contributed by atoms with van der Waals surface area (Å²) in [6.07, 6.45) is 0. The average molecular weight is 404 g/mol. The maximum atomic E-state index is 12.6. The van der Waals surface area contributed by atoms with Crippen LogP contribution in [0.4, 0.5) is 11.4 Å². The Kier molecular flexibility index (Phi) is 5.26. The van der Waals surface area contributed by atoms with E-state index >= 15 is 0 Å². The lowest BCUT2D eigenvalue weighted by molar-refractivity contribution is 0.101. The Balaban J connectivity index is 1.46. The van der Waals surface area contributed by atoms with Crippen molar-refractivity contribution in [2.24, 2.45) is 0 Å². The Morgan fingerprint density at radius 1 is 0.833 bits per heavy atom. The highest BCUT2D eigenvalue weighted by Gasteiger charge is 2.16. The molecule has 0 aliphatic carbocycles. The lowest BCUT2D eigenvalue weighted by atomic mass is 10.1. The first kappa shape index (κ1) is 19.3. The summed E-state index contributed by atoms with van der Waals surface area (Å²) >= 11 is 0. The Morgan fingerprint density at radius 2 is 1.47 bits per heavy atom. The van der Waals surface area contributed by atoms with E-state index in [9.17, 15) is 9.59 Å². The number of amides is 2. The Morgan fingerprint density at radius 3 is 2.17 bits per heavy atom. The van der Waals surface area contributed by atoms with Crippen LogP contribution in [0.3, 0.4) is 0 Å². The molecule has 0 fully saturated rings. The number of hydrogen-bond acceptors (Lipinski definition) is 5. The second kappa shape index (κ2) is 8.16. The number of ether oxygens (including phenoxy) is 3. The van der Waals surface area contributed by atoms with Gasteiger partial charge in [0.15, 0.2) is 11.5 Å². The molecule has 0 atom stereocenters. The average Bonchev–Trinajstić information content (AvgIpc) is 3.22. The Hall–Kier alpha value is -4.00. The molecule has 2 N–H and O–H groups in total. The van der Waals surface area contributed by atoms with E-state index in [0.29, 0.717) is 39.8 Å². The molecule has 30 heavy (non-hydrogen) atoms. The van der Waals surface area contributed by atoms with Crippen molar-refractivity contribution in [3.8, 4) is 17.2 Å². The van der Waals surface area contributed by atoms with Crippen LogP contribution in [0.1, 0.15) is 26.3 Å². The lowest BCUT2D eigenvalue weighted by Gasteiger charge is -2.11. The third-order valence-corrected chi connectivity index (χ3v) is 4.68. The van der Waals surface area contributed by atoms with Gasteiger partial charge in [-0.15, -0.1) is 0 Å². The summed E-state index contributed by atoms with van der Waals surface area (Å²) < 4.78 is 15.8. The van der Waals surface area contributed by atoms with E-state index in [-0.39, 0.29) is 18.6 Å². The molecule has 1 aliphatic heterocycles. The molecule has 7 heteroatoms. The van der Waals surface area contributed by atoms with Gasteiger partial charge in [0, 0.05) is 22.5 Å². The van der Waals surface area contributed by atoms with Crippen LogP contribution in [0.2, 0.25) is 0 Å². The SMILES string of the molecule is COc1cc(C(=O)Nc2cccc(NC(=O)c3ccc4c(c3)OCO4)c2)ccc1C. The summed E-state index contributed by atoms with van der Waals surface area (Å²) in [4.78, 5) is 25.1. The fourth-order valence-corrected chi connectivity index (χ4v) is 3.08. The smallest absolute Gasteiger partial charge is 0.255 e. The van der Waals surface area contributed by atoms with Gasteiger partial charge in [0.05, 0.1) is 7.11 Å². The van der Waals surface area contributed by atoms with Crippen LogP contribution in [-0.2, 0) is 0 Å². The summed E-state index contributed by atoms with van der Waals surface area (Å²) in [7, 11) is 1.57. The molecule has 0 radical (unpaired) electrons. The summed E-state index contributed by atoms with van der Waals surface area (Å²) in [6.45, 7) is 2.06. The molecule has 3 aromatic carbocycles. The Labute approximate surface area is 173 Å². The van der Waals surface area contributed by atoms with E-state index in [1.807, 2.05) is 13.0 Å². The van der Waals surface area contributed by atoms with E-state index in [1.54, 1.807) is 61.7 Å². The van der Waals surface area contributed by atoms with Crippen molar-refractivity contribution in [1.82, 2.24) is 0 Å². The maximum absolute atomic E-state index is 12.6. The van der Waals surface area contributed by atoms with Crippen molar-refractivity contribution in [2.45, 2.75) is 6.92 Å². The summed E-state index contributed by atoms with van der Waals surface area (Å²) in [5.74, 6) is 1.24. The molecule has 152 valence electrons. The number of nitrogens with one attached hydrogen (secondary N) is 2. The molecular weight excluding hydrogens is 384 g/mol. The normalized spacial score (nSPS) is 11.7. The highest BCUT2D eigenvalue weighted by Crippen LogP contribution is 2.32. The standard InChI is InChI=1S/C23H20N2O5/c1-14-6-7-15(10-20(14)28-2)22(26)24-17-4-3-5-18(12-17)25-23(27)16-8-9-19-21(11-16)30-13-29-19/h3-12H,13H2,1-2H3,(H,24,26)(H,25,27). The molecule has 1 aliphatic rings. The van der Waals surface area contributed by atoms with E-state index in [4.69, 9.17) is 14.2 Å². The third kappa shape index (κ3) is 4.05. The minimum atomic E-state index is -0.292. The predicted molar refractivity (Wildman–Crippen MR) is 113 cm³/mol. The first-order chi connectivity index (χ1) is 14.5. The zero-order valence-corrected chi connectivity index (χ0v) is 16.5. The topological polar surface area (TPSA) is 85.9 Å². The second-order valence-corrected chi connectivity index (χ2v) is 6.74. The number of carbonyl (C=O) groups is 2. The molecule has 0 unspecified atom stereocenters. The van der Waals surface area contributed by atoms with Crippen molar-refractivity contribution in [3.63, 3.8) is 0 Å². The van der Waals surface area contributed by atoms with Crippen LogP contribution in [0, 0.1) is 6.92 Å². The first-order valence-electron chi connectivity index (χ1n) is 9.30. The van der Waals surface area contributed by atoms with E-state index in [2.05, 4.69) is 10.6 Å². The number of aryl methyl sites for hydroxylation is 1. The van der Waals surface area contributed by atoms with Crippen LogP contribution in [0.25, 0.3) is 0 Å². The number of anilines is 2. The van der Waals surface area contributed by atoms with Gasteiger partial charge in [0.25, 0.3) is 11.8 Å². The zero-order valence-electron chi connectivity index (χ0n) is 16.5. The van der Waals surface area contributed by atoms with E-state index in [1.165, 1.54) is 0 Å². The summed E-state index contributed by atoms with van der Waals surface area (Å²) in [5.41, 5.74) is 2.98. The molecule has 4 rings (SSSR count). The molecule has 2 amide bonds. The van der Waals surface area contributed by atoms with E-state index in [0.717, 1.165) is 5.56 Å². The van der Waals surface area contributed by atoms with Crippen molar-refractivity contribution in [1.29, 1.82) is 0 Å². The fourth-order valence-electron chi connectivity index (χ4n) is 3.08. The van der Waals surface area contributed by atoms with Crippen molar-refractivity contribution < 1.29 is 23.8 Å². The lowest BCUT2D eigenvalue weighted by Crippen LogP contribution is -2.14. The maximum Gasteiger partial charge on any atom is 0.255 e. The van der Waals surface area contributed by atoms with Crippen molar-refractivity contribution in [3.05, 3.63) is 77.4 Å². The fraction of sp³-hybridized carbons (Fsp3) is 0.130. The molecule has 0 aromatic heterocycles. The number of benzene rings is 3. The van der Waals surface area contributed by atoms with Crippen LogP contribution in [0.15, 0.2) is 60.7 Å². The van der Waals surface area contributed by atoms with Gasteiger partial charge in [0.2, 0.25) is 6.79 Å². The quantitative estimate of drug-likeness (QED) is 0.664. The molecule has 0 saturated heterocycles. The summed E-state index contributed by atoms with van der Waals surface area (Å²) in [5, 5.41) is 5.66. The first-order valence-corrected chi connectivity index (χ1v) is 9.30. The van der Waals surface area contributed by atoms with E-state index < -0.39 is 0 Å². The number of methoxy groups -OCH3 is 1. The molecule has 3 aromatic rings. The third-order valence-electron chi connectivity index (χ3n) is 4.68. The van der Waals surface area contributed by atoms with Crippen LogP contribution >= 0.6 is 0 Å². The summed E-state index contributed by atoms with van der Waals surface area (Å²) in [6, 6.07) is 17.2. The van der Waals surface area contributed by atoms with Gasteiger partial charge in [-0.1, -0.05) is 12.1 Å². The second-order valence-electron chi connectivity index (χ2n) is 6.74. The molecule has 1 heterocycles. The van der Waals surface area contributed by atoms with Gasteiger partial charge in [-0.05, 0) is 61.0 Å². The molecule has 0 saturated carbocycles. The number of hydrogen-bond donors (Lipinski definition) is 2. The van der Waals surface area contributed by atoms with Gasteiger partial charge in [-0.25, -0.2) is 0 Å². The van der Waals surface area contributed by atoms with Gasteiger partial charge in [-0.3, -0.25) is 9.59 Å².